The molecule has 4 rings (SSSR count). The third kappa shape index (κ3) is 9.20. The molecule has 0 bridgehead atoms. The maximum Gasteiger partial charge on any atom is 0.327 e. The van der Waals surface area contributed by atoms with Crippen LogP contribution in [0, 0.1) is 12.8 Å². The van der Waals surface area contributed by atoms with Crippen LogP contribution in [0.15, 0.2) is 46.0 Å². The summed E-state index contributed by atoms with van der Waals surface area (Å²) in [4.78, 5) is 82.7. The number of para-hydroxylation sites is 1. The number of carboxylic acid groups (broad SMARTS) is 1. The number of aromatic nitrogens is 1. The molecular weight excluding hydrogens is 656 g/mol. The van der Waals surface area contributed by atoms with Gasteiger partial charge < -0.3 is 46.2 Å². The molecule has 0 unspecified atom stereocenters. The minimum absolute atomic E-state index is 0.00707. The number of amides is 5. The molecule has 1 aromatic carbocycles. The Kier molecular flexibility index (Phi) is 12.1. The lowest BCUT2D eigenvalue weighted by atomic mass is 10.00. The summed E-state index contributed by atoms with van der Waals surface area (Å²) < 4.78 is 5.36. The second-order valence-electron chi connectivity index (χ2n) is 12.5. The predicted octanol–water partition coefficient (Wildman–Crippen LogP) is 0.987. The van der Waals surface area contributed by atoms with E-state index >= 15 is 0 Å². The van der Waals surface area contributed by atoms with Gasteiger partial charge in [-0.15, -0.1) is 11.8 Å². The largest absolute Gasteiger partial charge is 0.480 e. The van der Waals surface area contributed by atoms with Gasteiger partial charge in [0.25, 0.3) is 5.91 Å². The van der Waals surface area contributed by atoms with E-state index in [2.05, 4.69) is 31.6 Å². The van der Waals surface area contributed by atoms with Crippen molar-refractivity contribution in [2.24, 2.45) is 5.92 Å². The second-order valence-corrected chi connectivity index (χ2v) is 13.5. The van der Waals surface area contributed by atoms with Crippen LogP contribution in [-0.4, -0.2) is 92.8 Å². The normalized spacial score (nSPS) is 23.7. The first-order chi connectivity index (χ1) is 23.2. The predicted molar refractivity (Wildman–Crippen MR) is 180 cm³/mol. The second kappa shape index (κ2) is 16.0. The third-order valence-electron chi connectivity index (χ3n) is 8.04. The number of H-pyrrole nitrogens is 1. The first-order valence-electron chi connectivity index (χ1n) is 15.9. The van der Waals surface area contributed by atoms with E-state index in [0.717, 1.165) is 11.8 Å². The van der Waals surface area contributed by atoms with Gasteiger partial charge >= 0.3 is 5.97 Å². The summed E-state index contributed by atoms with van der Waals surface area (Å²) in [7, 11) is 0. The Bertz CT molecular complexity index is 1720. The van der Waals surface area contributed by atoms with E-state index in [4.69, 9.17) is 4.42 Å². The Balaban J connectivity index is 1.80. The molecule has 264 valence electrons. The van der Waals surface area contributed by atoms with Crippen LogP contribution >= 0.6 is 11.8 Å². The number of aryl methyl sites for hydroxylation is 1. The average Bonchev–Trinajstić information content (AvgIpc) is 3.62. The maximum absolute atomic E-state index is 14.1. The number of aliphatic carboxylic acids is 1. The highest BCUT2D eigenvalue weighted by Crippen LogP contribution is 2.31. The zero-order valence-electron chi connectivity index (χ0n) is 27.8. The van der Waals surface area contributed by atoms with Gasteiger partial charge in [0.1, 0.15) is 30.2 Å². The summed E-state index contributed by atoms with van der Waals surface area (Å²) in [6, 6.07) is 2.25. The molecule has 3 aromatic rings. The molecule has 0 radical (unpaired) electrons. The van der Waals surface area contributed by atoms with Crippen LogP contribution in [0.3, 0.4) is 0 Å². The summed E-state index contributed by atoms with van der Waals surface area (Å²) in [5.41, 5.74) is 1.81. The molecule has 15 nitrogen and oxygen atoms in total. The van der Waals surface area contributed by atoms with E-state index < -0.39 is 71.8 Å². The first-order valence-corrected chi connectivity index (χ1v) is 16.8. The van der Waals surface area contributed by atoms with Crippen LogP contribution in [0.1, 0.15) is 55.8 Å². The zero-order valence-corrected chi connectivity index (χ0v) is 28.6. The van der Waals surface area contributed by atoms with Crippen molar-refractivity contribution >= 4 is 58.2 Å². The van der Waals surface area contributed by atoms with E-state index in [9.17, 15) is 39.0 Å². The van der Waals surface area contributed by atoms with Crippen molar-refractivity contribution in [2.45, 2.75) is 88.8 Å². The van der Waals surface area contributed by atoms with Gasteiger partial charge in [-0.1, -0.05) is 32.0 Å². The average molecular weight is 699 g/mol. The molecule has 0 saturated carbocycles. The number of carboxylic acids is 1. The molecular formula is C33H42N6O9S. The number of aromatic amines is 1. The van der Waals surface area contributed by atoms with E-state index in [1.54, 1.807) is 31.2 Å². The van der Waals surface area contributed by atoms with Crippen molar-refractivity contribution in [3.05, 3.63) is 53.5 Å². The molecule has 8 N–H and O–H groups in total. The number of hydrogen-bond donors (Lipinski definition) is 8. The molecule has 16 heteroatoms. The van der Waals surface area contributed by atoms with Crippen LogP contribution in [-0.2, 0) is 30.4 Å². The number of hydrogen-bond acceptors (Lipinski definition) is 9. The maximum atomic E-state index is 14.1. The lowest BCUT2D eigenvalue weighted by molar-refractivity contribution is -0.142. The Morgan fingerprint density at radius 3 is 2.33 bits per heavy atom. The molecule has 5 amide bonds. The van der Waals surface area contributed by atoms with Gasteiger partial charge in [-0.25, -0.2) is 4.79 Å². The number of thioether (sulfide) groups is 1. The number of nitrogens with one attached hydrogen (secondary N) is 6. The Morgan fingerprint density at radius 1 is 0.980 bits per heavy atom. The van der Waals surface area contributed by atoms with Crippen LogP contribution in [0.25, 0.3) is 10.9 Å². The van der Waals surface area contributed by atoms with Crippen molar-refractivity contribution in [1.82, 2.24) is 31.6 Å². The Labute approximate surface area is 286 Å². The van der Waals surface area contributed by atoms with E-state index in [-0.39, 0.29) is 30.3 Å². The molecule has 3 heterocycles. The Morgan fingerprint density at radius 2 is 1.69 bits per heavy atom. The van der Waals surface area contributed by atoms with Crippen LogP contribution in [0.4, 0.5) is 0 Å². The number of carbonyl (C=O) groups excluding carboxylic acids is 5. The molecule has 1 aliphatic rings. The minimum atomic E-state index is -1.53. The van der Waals surface area contributed by atoms with Crippen molar-refractivity contribution in [1.29, 1.82) is 0 Å². The summed E-state index contributed by atoms with van der Waals surface area (Å²) in [6.45, 7) is 8.01. The fraction of sp³-hybridized carbons (Fsp3) is 0.455. The topological polar surface area (TPSA) is 232 Å². The minimum Gasteiger partial charge on any atom is -0.480 e. The fourth-order valence-electron chi connectivity index (χ4n) is 5.38. The molecule has 0 aliphatic carbocycles. The number of benzene rings is 1. The third-order valence-corrected chi connectivity index (χ3v) is 9.17. The first kappa shape index (κ1) is 37.0. The van der Waals surface area contributed by atoms with E-state index in [0.29, 0.717) is 27.1 Å². The highest BCUT2D eigenvalue weighted by atomic mass is 32.2. The number of rotatable bonds is 6. The zero-order chi connectivity index (χ0) is 36.0. The van der Waals surface area contributed by atoms with Crippen LogP contribution < -0.4 is 26.6 Å². The lowest BCUT2D eigenvalue weighted by Crippen LogP contribution is -2.60. The van der Waals surface area contributed by atoms with Gasteiger partial charge in [-0.3, -0.25) is 24.0 Å². The Hall–Kier alpha value is -4.83. The number of furan rings is 1. The number of aliphatic hydroxyl groups is 1. The van der Waals surface area contributed by atoms with Crippen molar-refractivity contribution < 1.29 is 43.4 Å². The summed E-state index contributed by atoms with van der Waals surface area (Å²) in [6.07, 6.45) is 0.0502. The fourth-order valence-corrected chi connectivity index (χ4v) is 6.49. The number of fused-ring (bicyclic) bond motifs is 3. The van der Waals surface area contributed by atoms with Gasteiger partial charge in [0.2, 0.25) is 23.6 Å². The number of aliphatic hydroxyl groups excluding tert-OH is 1. The van der Waals surface area contributed by atoms with Gasteiger partial charge in [-0.05, 0) is 50.8 Å². The standard InChI is InChI=1S/C33H42N6O9S/c1-15(2)12-22-28(42)34-17(4)27(41)39-25(18(5)40)30(44)37-24(33(46)47)14-49-32-20(19-8-6-7-9-21(19)38-32)13-23(29(43)35-22)36-31(45)26-16(3)10-11-48-26/h6-11,15,17-18,22-25,38,40H,12-14H2,1-5H3,(H,34,42)(H,35,43)(H,36,45)(H,37,44)(H,39,41)(H,46,47)/t17-,18-,22+,23+,24+,25+/m1/s1. The monoisotopic (exact) mass is 698 g/mol. The van der Waals surface area contributed by atoms with Crippen molar-refractivity contribution in [3.8, 4) is 0 Å². The van der Waals surface area contributed by atoms with Gasteiger partial charge in [-0.2, -0.15) is 0 Å². The van der Waals surface area contributed by atoms with Gasteiger partial charge in [0.05, 0.1) is 17.4 Å². The summed E-state index contributed by atoms with van der Waals surface area (Å²) in [5.74, 6) is -5.39. The van der Waals surface area contributed by atoms with Gasteiger partial charge in [0, 0.05) is 28.6 Å². The van der Waals surface area contributed by atoms with E-state index in [1.165, 1.54) is 20.1 Å². The summed E-state index contributed by atoms with van der Waals surface area (Å²) in [5, 5.41) is 34.3. The summed E-state index contributed by atoms with van der Waals surface area (Å²) >= 11 is 1.07. The molecule has 49 heavy (non-hydrogen) atoms. The highest BCUT2D eigenvalue weighted by Gasteiger charge is 2.34. The molecule has 1 aliphatic heterocycles. The van der Waals surface area contributed by atoms with Crippen molar-refractivity contribution in [3.63, 3.8) is 0 Å². The van der Waals surface area contributed by atoms with E-state index in [1.807, 2.05) is 19.9 Å². The molecule has 0 fully saturated rings. The molecule has 0 saturated heterocycles. The number of carbonyl (C=O) groups is 6. The molecule has 0 spiro atoms. The molecule has 2 aromatic heterocycles. The van der Waals surface area contributed by atoms with Crippen molar-refractivity contribution in [2.75, 3.05) is 5.75 Å². The van der Waals surface area contributed by atoms with Crippen LogP contribution in [0.2, 0.25) is 0 Å². The highest BCUT2D eigenvalue weighted by molar-refractivity contribution is 7.99. The van der Waals surface area contributed by atoms with Gasteiger partial charge in [0.15, 0.2) is 5.76 Å². The molecule has 6 atom stereocenters. The SMILES string of the molecule is Cc1ccoc1C(=O)N[C@H]1Cc2c([nH]c3ccccc23)SC[C@@H](C(=O)O)NC(=O)[C@H]([C@@H](C)O)NC(=O)[C@@H](C)NC(=O)[C@H](CC(C)C)NC1=O. The lowest BCUT2D eigenvalue weighted by Gasteiger charge is -2.27. The quantitative estimate of drug-likeness (QED) is 0.182. The smallest absolute Gasteiger partial charge is 0.327 e. The van der Waals surface area contributed by atoms with Crippen LogP contribution in [0.5, 0.6) is 0 Å².